The molecule has 27 heavy (non-hydrogen) atoms. The summed E-state index contributed by atoms with van der Waals surface area (Å²) in [6, 6.07) is 22.3. The average molecular weight is 362 g/mol. The summed E-state index contributed by atoms with van der Waals surface area (Å²) in [5.74, 6) is -0.374. The van der Waals surface area contributed by atoms with Crippen molar-refractivity contribution in [1.29, 1.82) is 0 Å². The van der Waals surface area contributed by atoms with Crippen LogP contribution in [-0.4, -0.2) is 24.9 Å². The number of rotatable bonds is 6. The van der Waals surface area contributed by atoms with Crippen LogP contribution in [-0.2, 0) is 13.1 Å². The van der Waals surface area contributed by atoms with Crippen LogP contribution in [0.3, 0.4) is 0 Å². The minimum atomic E-state index is -0.229. The second-order valence-electron chi connectivity index (χ2n) is 6.76. The van der Waals surface area contributed by atoms with Gasteiger partial charge in [0.25, 0.3) is 5.91 Å². The van der Waals surface area contributed by atoms with E-state index in [1.54, 1.807) is 12.1 Å². The Morgan fingerprint density at radius 1 is 0.963 bits per heavy atom. The fraction of sp³-hybridized carbons (Fsp3) is 0.174. The van der Waals surface area contributed by atoms with Crippen LogP contribution in [0.25, 0.3) is 11.1 Å². The zero-order valence-electron chi connectivity index (χ0n) is 15.6. The molecule has 0 aliphatic heterocycles. The smallest absolute Gasteiger partial charge is 0.252 e. The molecule has 0 heterocycles. The fourth-order valence-corrected chi connectivity index (χ4v) is 3.03. The summed E-state index contributed by atoms with van der Waals surface area (Å²) in [4.78, 5) is 14.7. The minimum absolute atomic E-state index is 0.145. The highest BCUT2D eigenvalue weighted by molar-refractivity contribution is 6.00. The van der Waals surface area contributed by atoms with Crippen LogP contribution in [0, 0.1) is 5.82 Å². The maximum absolute atomic E-state index is 13.9. The van der Waals surface area contributed by atoms with Gasteiger partial charge in [0.05, 0.1) is 0 Å². The second-order valence-corrected chi connectivity index (χ2v) is 6.76. The third kappa shape index (κ3) is 4.80. The number of nitrogens with zero attached hydrogens (tertiary/aromatic N) is 1. The molecule has 1 N–H and O–H groups in total. The van der Waals surface area contributed by atoms with E-state index in [2.05, 4.69) is 5.32 Å². The lowest BCUT2D eigenvalue weighted by molar-refractivity contribution is 0.0951. The Bertz CT molecular complexity index is 923. The van der Waals surface area contributed by atoms with E-state index in [0.29, 0.717) is 24.2 Å². The van der Waals surface area contributed by atoms with Gasteiger partial charge in [0.2, 0.25) is 0 Å². The predicted molar refractivity (Wildman–Crippen MR) is 107 cm³/mol. The lowest BCUT2D eigenvalue weighted by Crippen LogP contribution is -2.23. The molecule has 0 saturated heterocycles. The molecule has 0 radical (unpaired) electrons. The van der Waals surface area contributed by atoms with E-state index in [-0.39, 0.29) is 11.7 Å². The molecule has 0 unspecified atom stereocenters. The van der Waals surface area contributed by atoms with Gasteiger partial charge < -0.3 is 10.2 Å². The zero-order valence-corrected chi connectivity index (χ0v) is 15.6. The standard InChI is InChI=1S/C23H23FN2O/c1-26(2)16-19-14-17(12-13-22(19)24)15-25-23(27)21-11-7-6-10-20(21)18-8-4-3-5-9-18/h3-14H,15-16H2,1-2H3,(H,25,27). The summed E-state index contributed by atoms with van der Waals surface area (Å²) >= 11 is 0. The van der Waals surface area contributed by atoms with Crippen molar-refractivity contribution < 1.29 is 9.18 Å². The normalized spacial score (nSPS) is 10.8. The Morgan fingerprint density at radius 2 is 1.67 bits per heavy atom. The van der Waals surface area contributed by atoms with Crippen LogP contribution in [0.2, 0.25) is 0 Å². The van der Waals surface area contributed by atoms with E-state index in [0.717, 1.165) is 16.7 Å². The van der Waals surface area contributed by atoms with Crippen molar-refractivity contribution in [3.63, 3.8) is 0 Å². The molecule has 1 amide bonds. The van der Waals surface area contributed by atoms with Gasteiger partial charge in [0.1, 0.15) is 5.82 Å². The first kappa shape index (κ1) is 18.8. The number of carbonyl (C=O) groups is 1. The predicted octanol–water partition coefficient (Wildman–Crippen LogP) is 4.48. The molecule has 3 nitrogen and oxygen atoms in total. The first-order valence-electron chi connectivity index (χ1n) is 8.89. The Balaban J connectivity index is 1.76. The van der Waals surface area contributed by atoms with Gasteiger partial charge in [0.15, 0.2) is 0 Å². The second kappa shape index (κ2) is 8.60. The highest BCUT2D eigenvalue weighted by Crippen LogP contribution is 2.23. The molecule has 0 aromatic heterocycles. The minimum Gasteiger partial charge on any atom is -0.348 e. The lowest BCUT2D eigenvalue weighted by atomic mass is 9.99. The first-order chi connectivity index (χ1) is 13.0. The van der Waals surface area contributed by atoms with Gasteiger partial charge in [-0.15, -0.1) is 0 Å². The number of carbonyl (C=O) groups excluding carboxylic acids is 1. The Labute approximate surface area is 159 Å². The fourth-order valence-electron chi connectivity index (χ4n) is 3.03. The van der Waals surface area contributed by atoms with E-state index in [4.69, 9.17) is 0 Å². The summed E-state index contributed by atoms with van der Waals surface area (Å²) in [5.41, 5.74) is 4.01. The number of amides is 1. The maximum atomic E-state index is 13.9. The summed E-state index contributed by atoms with van der Waals surface area (Å²) in [7, 11) is 3.79. The number of hydrogen-bond donors (Lipinski definition) is 1. The number of benzene rings is 3. The molecule has 0 atom stereocenters. The Kier molecular flexibility index (Phi) is 5.99. The maximum Gasteiger partial charge on any atom is 0.252 e. The Morgan fingerprint density at radius 3 is 2.41 bits per heavy atom. The van der Waals surface area contributed by atoms with Gasteiger partial charge in [-0.3, -0.25) is 4.79 Å². The van der Waals surface area contributed by atoms with Crippen molar-refractivity contribution >= 4 is 5.91 Å². The van der Waals surface area contributed by atoms with Crippen LogP contribution in [0.1, 0.15) is 21.5 Å². The van der Waals surface area contributed by atoms with Crippen LogP contribution >= 0.6 is 0 Å². The van der Waals surface area contributed by atoms with E-state index < -0.39 is 0 Å². The van der Waals surface area contributed by atoms with Crippen molar-refractivity contribution in [3.05, 3.63) is 95.3 Å². The number of halogens is 1. The summed E-state index contributed by atoms with van der Waals surface area (Å²) in [6.07, 6.45) is 0. The quantitative estimate of drug-likeness (QED) is 0.701. The highest BCUT2D eigenvalue weighted by atomic mass is 19.1. The molecule has 3 rings (SSSR count). The van der Waals surface area contributed by atoms with Gasteiger partial charge >= 0.3 is 0 Å². The van der Waals surface area contributed by atoms with Gasteiger partial charge in [-0.05, 0) is 49.0 Å². The van der Waals surface area contributed by atoms with Crippen LogP contribution in [0.4, 0.5) is 4.39 Å². The molecule has 0 aliphatic carbocycles. The van der Waals surface area contributed by atoms with Gasteiger partial charge in [-0.25, -0.2) is 4.39 Å². The van der Waals surface area contributed by atoms with Crippen molar-refractivity contribution in [2.45, 2.75) is 13.1 Å². The molecule has 4 heteroatoms. The molecule has 0 fully saturated rings. The van der Waals surface area contributed by atoms with Crippen LogP contribution in [0.15, 0.2) is 72.8 Å². The first-order valence-corrected chi connectivity index (χ1v) is 8.89. The van der Waals surface area contributed by atoms with Crippen molar-refractivity contribution in [2.24, 2.45) is 0 Å². The van der Waals surface area contributed by atoms with E-state index in [1.807, 2.05) is 73.6 Å². The van der Waals surface area contributed by atoms with Gasteiger partial charge in [-0.2, -0.15) is 0 Å². The van der Waals surface area contributed by atoms with E-state index in [1.165, 1.54) is 6.07 Å². The topological polar surface area (TPSA) is 32.3 Å². The van der Waals surface area contributed by atoms with E-state index >= 15 is 0 Å². The monoisotopic (exact) mass is 362 g/mol. The molecule has 0 bridgehead atoms. The highest BCUT2D eigenvalue weighted by Gasteiger charge is 2.12. The van der Waals surface area contributed by atoms with Crippen LogP contribution in [0.5, 0.6) is 0 Å². The van der Waals surface area contributed by atoms with Crippen LogP contribution < -0.4 is 5.32 Å². The summed E-state index contributed by atoms with van der Waals surface area (Å²) in [5, 5.41) is 2.95. The molecular formula is C23H23FN2O. The van der Waals surface area contributed by atoms with Gasteiger partial charge in [0, 0.05) is 24.2 Å². The third-order valence-corrected chi connectivity index (χ3v) is 4.31. The Hall–Kier alpha value is -2.98. The number of hydrogen-bond acceptors (Lipinski definition) is 2. The largest absolute Gasteiger partial charge is 0.348 e. The molecule has 3 aromatic carbocycles. The van der Waals surface area contributed by atoms with Crippen molar-refractivity contribution in [2.75, 3.05) is 14.1 Å². The zero-order chi connectivity index (χ0) is 19.2. The molecular weight excluding hydrogens is 339 g/mol. The average Bonchev–Trinajstić information content (AvgIpc) is 2.68. The van der Waals surface area contributed by atoms with Crippen molar-refractivity contribution in [1.82, 2.24) is 10.2 Å². The SMILES string of the molecule is CN(C)Cc1cc(CNC(=O)c2ccccc2-c2ccccc2)ccc1F. The van der Waals surface area contributed by atoms with Crippen molar-refractivity contribution in [3.8, 4) is 11.1 Å². The third-order valence-electron chi connectivity index (χ3n) is 4.31. The van der Waals surface area contributed by atoms with E-state index in [9.17, 15) is 9.18 Å². The molecule has 138 valence electrons. The summed E-state index contributed by atoms with van der Waals surface area (Å²) < 4.78 is 13.9. The number of nitrogens with one attached hydrogen (secondary N) is 1. The molecule has 0 spiro atoms. The molecule has 0 saturated carbocycles. The molecule has 0 aliphatic rings. The lowest BCUT2D eigenvalue weighted by Gasteiger charge is -2.13. The van der Waals surface area contributed by atoms with Gasteiger partial charge in [-0.1, -0.05) is 54.6 Å². The summed E-state index contributed by atoms with van der Waals surface area (Å²) in [6.45, 7) is 0.868. The molecule has 3 aromatic rings.